The highest BCUT2D eigenvalue weighted by Crippen LogP contribution is 2.24. The van der Waals surface area contributed by atoms with E-state index in [1.165, 1.54) is 22.8 Å². The first kappa shape index (κ1) is 19.1. The minimum absolute atomic E-state index is 0.0634. The van der Waals surface area contributed by atoms with Crippen LogP contribution in [0.25, 0.3) is 0 Å². The van der Waals surface area contributed by atoms with Crippen LogP contribution in [0.4, 0.5) is 0 Å². The van der Waals surface area contributed by atoms with Crippen LogP contribution < -0.4 is 0 Å². The van der Waals surface area contributed by atoms with Gasteiger partial charge < -0.3 is 10.0 Å². The van der Waals surface area contributed by atoms with Crippen molar-refractivity contribution in [1.29, 1.82) is 0 Å². The van der Waals surface area contributed by atoms with Gasteiger partial charge in [-0.2, -0.15) is 0 Å². The molecule has 0 radical (unpaired) electrons. The number of aromatic carboxylic acids is 1. The van der Waals surface area contributed by atoms with Crippen LogP contribution in [0.5, 0.6) is 0 Å². The van der Waals surface area contributed by atoms with Crippen molar-refractivity contribution >= 4 is 11.9 Å². The number of nitrogens with zero attached hydrogens (tertiary/aromatic N) is 2. The molecule has 142 valence electrons. The van der Waals surface area contributed by atoms with E-state index in [0.717, 1.165) is 13.1 Å². The number of amides is 1. The Morgan fingerprint density at radius 3 is 2.15 bits per heavy atom. The molecule has 0 aliphatic carbocycles. The predicted molar refractivity (Wildman–Crippen MR) is 105 cm³/mol. The van der Waals surface area contributed by atoms with Crippen LogP contribution in [0.1, 0.15) is 50.4 Å². The van der Waals surface area contributed by atoms with Gasteiger partial charge in [-0.15, -0.1) is 0 Å². The number of benzene rings is 2. The number of carbonyl (C=O) groups is 2. The molecule has 2 aromatic carbocycles. The Labute approximate surface area is 160 Å². The first-order valence-corrected chi connectivity index (χ1v) is 9.31. The van der Waals surface area contributed by atoms with Crippen molar-refractivity contribution in [3.8, 4) is 0 Å². The SMILES string of the molecule is Cc1ccc(C(C)N2CCN(C(=O)c3ccccc3C(=O)O)CC2)cc1C. The lowest BCUT2D eigenvalue weighted by Crippen LogP contribution is -2.49. The van der Waals surface area contributed by atoms with Gasteiger partial charge in [-0.1, -0.05) is 30.3 Å². The molecule has 1 N–H and O–H groups in total. The van der Waals surface area contributed by atoms with Gasteiger partial charge in [0.25, 0.3) is 5.91 Å². The second-order valence-corrected chi connectivity index (χ2v) is 7.20. The van der Waals surface area contributed by atoms with Crippen molar-refractivity contribution in [3.05, 3.63) is 70.3 Å². The minimum Gasteiger partial charge on any atom is -0.478 e. The molecule has 0 aromatic heterocycles. The fourth-order valence-electron chi connectivity index (χ4n) is 3.57. The summed E-state index contributed by atoms with van der Waals surface area (Å²) in [6.07, 6.45) is 0. The number of rotatable bonds is 4. The Bertz CT molecular complexity index is 854. The largest absolute Gasteiger partial charge is 0.478 e. The normalized spacial score (nSPS) is 16.2. The van der Waals surface area contributed by atoms with E-state index in [9.17, 15) is 14.7 Å². The molecule has 1 fully saturated rings. The molecule has 1 heterocycles. The van der Waals surface area contributed by atoms with Crippen LogP contribution in [0.3, 0.4) is 0 Å². The van der Waals surface area contributed by atoms with Gasteiger partial charge in [0.05, 0.1) is 11.1 Å². The van der Waals surface area contributed by atoms with E-state index in [4.69, 9.17) is 0 Å². The van der Waals surface area contributed by atoms with Gasteiger partial charge in [-0.3, -0.25) is 9.69 Å². The monoisotopic (exact) mass is 366 g/mol. The van der Waals surface area contributed by atoms with Gasteiger partial charge in [-0.05, 0) is 49.6 Å². The molecule has 0 bridgehead atoms. The first-order chi connectivity index (χ1) is 12.9. The Morgan fingerprint density at radius 2 is 1.56 bits per heavy atom. The summed E-state index contributed by atoms with van der Waals surface area (Å²) in [5.74, 6) is -1.27. The third-order valence-electron chi connectivity index (χ3n) is 5.55. The lowest BCUT2D eigenvalue weighted by molar-refractivity contribution is 0.0569. The molecule has 3 rings (SSSR count). The van der Waals surface area contributed by atoms with Crippen LogP contribution >= 0.6 is 0 Å². The summed E-state index contributed by atoms with van der Waals surface area (Å²) < 4.78 is 0. The maximum atomic E-state index is 12.8. The van der Waals surface area contributed by atoms with Crippen molar-refractivity contribution < 1.29 is 14.7 Å². The summed E-state index contributed by atoms with van der Waals surface area (Å²) in [4.78, 5) is 28.3. The van der Waals surface area contributed by atoms with E-state index in [-0.39, 0.29) is 23.1 Å². The summed E-state index contributed by atoms with van der Waals surface area (Å²) >= 11 is 0. The molecular formula is C22H26N2O3. The number of carbonyl (C=O) groups excluding carboxylic acids is 1. The van der Waals surface area contributed by atoms with Crippen molar-refractivity contribution in [2.24, 2.45) is 0 Å². The van der Waals surface area contributed by atoms with E-state index >= 15 is 0 Å². The van der Waals surface area contributed by atoms with Crippen LogP contribution in [-0.2, 0) is 0 Å². The average molecular weight is 366 g/mol. The number of hydrogen-bond donors (Lipinski definition) is 1. The lowest BCUT2D eigenvalue weighted by atomic mass is 10.0. The van der Waals surface area contributed by atoms with E-state index in [0.29, 0.717) is 13.1 Å². The number of piperazine rings is 1. The Kier molecular flexibility index (Phi) is 5.61. The maximum Gasteiger partial charge on any atom is 0.336 e. The second-order valence-electron chi connectivity index (χ2n) is 7.20. The van der Waals surface area contributed by atoms with Crippen LogP contribution in [-0.4, -0.2) is 53.0 Å². The highest BCUT2D eigenvalue weighted by Gasteiger charge is 2.27. The van der Waals surface area contributed by atoms with Crippen molar-refractivity contribution in [1.82, 2.24) is 9.80 Å². The zero-order valence-corrected chi connectivity index (χ0v) is 16.1. The van der Waals surface area contributed by atoms with Gasteiger partial charge >= 0.3 is 5.97 Å². The number of carboxylic acid groups (broad SMARTS) is 1. The summed E-state index contributed by atoms with van der Waals surface area (Å²) in [7, 11) is 0. The van der Waals surface area contributed by atoms with E-state index < -0.39 is 5.97 Å². The third kappa shape index (κ3) is 4.03. The molecule has 1 amide bonds. The third-order valence-corrected chi connectivity index (χ3v) is 5.55. The standard InChI is InChI=1S/C22H26N2O3/c1-15-8-9-18(14-16(15)2)17(3)23-10-12-24(13-11-23)21(25)19-6-4-5-7-20(19)22(26)27/h4-9,14,17H,10-13H2,1-3H3,(H,26,27). The number of hydrogen-bond acceptors (Lipinski definition) is 3. The summed E-state index contributed by atoms with van der Waals surface area (Å²) in [5, 5.41) is 9.32. The molecule has 1 atom stereocenters. The van der Waals surface area contributed by atoms with Gasteiger partial charge in [0.2, 0.25) is 0 Å². The summed E-state index contributed by atoms with van der Waals surface area (Å²) in [6, 6.07) is 13.3. The molecule has 27 heavy (non-hydrogen) atoms. The smallest absolute Gasteiger partial charge is 0.336 e. The number of carboxylic acids is 1. The van der Waals surface area contributed by atoms with Gasteiger partial charge in [0, 0.05) is 32.2 Å². The summed E-state index contributed by atoms with van der Waals surface area (Å²) in [5.41, 5.74) is 4.19. The van der Waals surface area contributed by atoms with Crippen molar-refractivity contribution in [3.63, 3.8) is 0 Å². The molecule has 1 aliphatic rings. The fourth-order valence-corrected chi connectivity index (χ4v) is 3.57. The molecule has 1 aliphatic heterocycles. The molecule has 1 unspecified atom stereocenters. The first-order valence-electron chi connectivity index (χ1n) is 9.31. The van der Waals surface area contributed by atoms with Gasteiger partial charge in [0.15, 0.2) is 0 Å². The molecule has 0 spiro atoms. The molecule has 5 nitrogen and oxygen atoms in total. The van der Waals surface area contributed by atoms with Crippen LogP contribution in [0.15, 0.2) is 42.5 Å². The Hall–Kier alpha value is -2.66. The minimum atomic E-state index is -1.07. The zero-order chi connectivity index (χ0) is 19.6. The number of aryl methyl sites for hydroxylation is 2. The Balaban J connectivity index is 1.67. The highest BCUT2D eigenvalue weighted by molar-refractivity contribution is 6.04. The Morgan fingerprint density at radius 1 is 0.926 bits per heavy atom. The fraction of sp³-hybridized carbons (Fsp3) is 0.364. The lowest BCUT2D eigenvalue weighted by Gasteiger charge is -2.38. The van der Waals surface area contributed by atoms with Crippen LogP contribution in [0, 0.1) is 13.8 Å². The quantitative estimate of drug-likeness (QED) is 0.899. The predicted octanol–water partition coefficient (Wildman–Crippen LogP) is 3.52. The zero-order valence-electron chi connectivity index (χ0n) is 16.1. The molecule has 0 saturated carbocycles. The molecular weight excluding hydrogens is 340 g/mol. The van der Waals surface area contributed by atoms with Crippen molar-refractivity contribution in [2.75, 3.05) is 26.2 Å². The van der Waals surface area contributed by atoms with E-state index in [1.807, 2.05) is 0 Å². The molecule has 2 aromatic rings. The summed E-state index contributed by atoms with van der Waals surface area (Å²) in [6.45, 7) is 9.18. The van der Waals surface area contributed by atoms with Gasteiger partial charge in [-0.25, -0.2) is 4.79 Å². The maximum absolute atomic E-state index is 12.8. The molecule has 5 heteroatoms. The second kappa shape index (κ2) is 7.92. The molecule has 1 saturated heterocycles. The topological polar surface area (TPSA) is 60.9 Å². The highest BCUT2D eigenvalue weighted by atomic mass is 16.4. The van der Waals surface area contributed by atoms with E-state index in [2.05, 4.69) is 43.9 Å². The average Bonchev–Trinajstić information content (AvgIpc) is 2.69. The van der Waals surface area contributed by atoms with E-state index in [1.54, 1.807) is 23.1 Å². The van der Waals surface area contributed by atoms with Crippen molar-refractivity contribution in [2.45, 2.75) is 26.8 Å². The van der Waals surface area contributed by atoms with Gasteiger partial charge in [0.1, 0.15) is 0 Å². The van der Waals surface area contributed by atoms with Crippen LogP contribution in [0.2, 0.25) is 0 Å².